The van der Waals surface area contributed by atoms with Crippen molar-refractivity contribution >= 4 is 23.5 Å². The Kier molecular flexibility index (Phi) is 5.91. The average molecular weight is 269 g/mol. The average Bonchev–Trinajstić information content (AvgIpc) is 2.28. The monoisotopic (exact) mass is 269 g/mol. The Morgan fingerprint density at radius 2 is 2.28 bits per heavy atom. The van der Waals surface area contributed by atoms with Crippen LogP contribution < -0.4 is 5.73 Å². The lowest BCUT2D eigenvalue weighted by atomic mass is 10.3. The van der Waals surface area contributed by atoms with E-state index in [2.05, 4.69) is 23.8 Å². The highest BCUT2D eigenvalue weighted by atomic mass is 32.2. The maximum absolute atomic E-state index is 11.5. The third-order valence-electron chi connectivity index (χ3n) is 2.05. The Hall–Kier alpha value is -1.30. The highest BCUT2D eigenvalue weighted by Gasteiger charge is 2.13. The number of esters is 1. The lowest BCUT2D eigenvalue weighted by molar-refractivity contribution is 0.0526. The normalized spacial score (nSPS) is 10.7. The molecule has 6 heteroatoms. The summed E-state index contributed by atoms with van der Waals surface area (Å²) in [6.07, 6.45) is 1.44. The maximum Gasteiger partial charge on any atom is 0.343 e. The van der Waals surface area contributed by atoms with Crippen LogP contribution in [0.5, 0.6) is 0 Å². The van der Waals surface area contributed by atoms with E-state index in [0.717, 1.165) is 5.75 Å². The molecule has 1 rings (SSSR count). The highest BCUT2D eigenvalue weighted by molar-refractivity contribution is 7.98. The number of thioether (sulfide) groups is 1. The Morgan fingerprint density at radius 1 is 1.56 bits per heavy atom. The Balaban J connectivity index is 2.64. The van der Waals surface area contributed by atoms with Gasteiger partial charge in [0.05, 0.1) is 12.4 Å². The Labute approximate surface area is 112 Å². The van der Waals surface area contributed by atoms with Gasteiger partial charge in [-0.25, -0.2) is 14.8 Å². The van der Waals surface area contributed by atoms with Crippen LogP contribution in [0.25, 0.3) is 0 Å². The van der Waals surface area contributed by atoms with Crippen LogP contribution in [0.3, 0.4) is 0 Å². The topological polar surface area (TPSA) is 78.1 Å². The van der Waals surface area contributed by atoms with Crippen molar-refractivity contribution in [2.45, 2.75) is 26.5 Å². The van der Waals surface area contributed by atoms with E-state index in [1.54, 1.807) is 18.7 Å². The van der Waals surface area contributed by atoms with Gasteiger partial charge in [-0.15, -0.1) is 0 Å². The van der Waals surface area contributed by atoms with Crippen LogP contribution in [0.1, 0.15) is 37.0 Å². The van der Waals surface area contributed by atoms with Gasteiger partial charge in [0.15, 0.2) is 0 Å². The first kappa shape index (κ1) is 14.8. The molecule has 2 N–H and O–H groups in total. The second-order valence-corrected chi connectivity index (χ2v) is 5.24. The van der Waals surface area contributed by atoms with Crippen molar-refractivity contribution in [1.29, 1.82) is 0 Å². The van der Waals surface area contributed by atoms with E-state index < -0.39 is 5.97 Å². The van der Waals surface area contributed by atoms with Gasteiger partial charge in [-0.05, 0) is 18.6 Å². The molecular weight excluding hydrogens is 250 g/mol. The standard InChI is InChI=1S/C12H19N3O2S/c1-4-17-12(16)9-5-14-10(15-11(9)13)7-18-6-8(2)3/h5,8H,4,6-7H2,1-3H3,(H2,13,14,15). The number of nitrogens with zero attached hydrogens (tertiary/aromatic N) is 2. The highest BCUT2D eigenvalue weighted by Crippen LogP contribution is 2.15. The number of carbonyl (C=O) groups is 1. The van der Waals surface area contributed by atoms with Gasteiger partial charge in [-0.1, -0.05) is 13.8 Å². The summed E-state index contributed by atoms with van der Waals surface area (Å²) in [4.78, 5) is 19.7. The fourth-order valence-corrected chi connectivity index (χ4v) is 2.17. The molecule has 0 saturated heterocycles. The van der Waals surface area contributed by atoms with E-state index in [-0.39, 0.29) is 11.4 Å². The van der Waals surface area contributed by atoms with E-state index in [1.807, 2.05) is 0 Å². The molecule has 0 aliphatic heterocycles. The van der Waals surface area contributed by atoms with Crippen molar-refractivity contribution in [1.82, 2.24) is 9.97 Å². The summed E-state index contributed by atoms with van der Waals surface area (Å²) in [5.41, 5.74) is 5.95. The first-order valence-electron chi connectivity index (χ1n) is 5.90. The Morgan fingerprint density at radius 3 is 2.83 bits per heavy atom. The first-order valence-corrected chi connectivity index (χ1v) is 7.06. The number of ether oxygens (including phenoxy) is 1. The van der Waals surface area contributed by atoms with Crippen LogP contribution in [0, 0.1) is 5.92 Å². The fourth-order valence-electron chi connectivity index (χ4n) is 1.25. The second kappa shape index (κ2) is 7.20. The predicted molar refractivity (Wildman–Crippen MR) is 73.4 cm³/mol. The molecule has 100 valence electrons. The third-order valence-corrected chi connectivity index (χ3v) is 3.41. The summed E-state index contributed by atoms with van der Waals surface area (Å²) < 4.78 is 4.86. The van der Waals surface area contributed by atoms with Gasteiger partial charge in [0.1, 0.15) is 17.2 Å². The van der Waals surface area contributed by atoms with Gasteiger partial charge in [0.25, 0.3) is 0 Å². The van der Waals surface area contributed by atoms with Gasteiger partial charge < -0.3 is 10.5 Å². The van der Waals surface area contributed by atoms with Crippen molar-refractivity contribution in [3.05, 3.63) is 17.6 Å². The van der Waals surface area contributed by atoms with Gasteiger partial charge in [0, 0.05) is 6.20 Å². The molecule has 0 radical (unpaired) electrons. The van der Waals surface area contributed by atoms with Crippen molar-refractivity contribution in [2.24, 2.45) is 5.92 Å². The molecule has 0 aliphatic carbocycles. The van der Waals surface area contributed by atoms with E-state index in [4.69, 9.17) is 10.5 Å². The van der Waals surface area contributed by atoms with E-state index in [1.165, 1.54) is 6.20 Å². The summed E-state index contributed by atoms with van der Waals surface area (Å²) in [6.45, 7) is 6.37. The quantitative estimate of drug-likeness (QED) is 0.797. The number of anilines is 1. The molecule has 1 aromatic heterocycles. The van der Waals surface area contributed by atoms with Crippen LogP contribution in [0.4, 0.5) is 5.82 Å². The van der Waals surface area contributed by atoms with Gasteiger partial charge in [-0.3, -0.25) is 0 Å². The molecule has 18 heavy (non-hydrogen) atoms. The number of aromatic nitrogens is 2. The molecule has 5 nitrogen and oxygen atoms in total. The summed E-state index contributed by atoms with van der Waals surface area (Å²) in [7, 11) is 0. The van der Waals surface area contributed by atoms with Crippen molar-refractivity contribution < 1.29 is 9.53 Å². The molecule has 1 aromatic rings. The van der Waals surface area contributed by atoms with Crippen LogP contribution >= 0.6 is 11.8 Å². The minimum absolute atomic E-state index is 0.184. The minimum Gasteiger partial charge on any atom is -0.462 e. The van der Waals surface area contributed by atoms with Crippen LogP contribution in [-0.2, 0) is 10.5 Å². The smallest absolute Gasteiger partial charge is 0.343 e. The van der Waals surface area contributed by atoms with Crippen LogP contribution in [0.15, 0.2) is 6.20 Å². The SMILES string of the molecule is CCOC(=O)c1cnc(CSCC(C)C)nc1N. The molecule has 0 aromatic carbocycles. The molecule has 0 fully saturated rings. The second-order valence-electron chi connectivity index (χ2n) is 4.21. The van der Waals surface area contributed by atoms with Crippen molar-refractivity contribution in [2.75, 3.05) is 18.1 Å². The van der Waals surface area contributed by atoms with E-state index in [9.17, 15) is 4.79 Å². The minimum atomic E-state index is -0.476. The number of nitrogen functional groups attached to an aromatic ring is 1. The molecule has 0 spiro atoms. The number of hydrogen-bond donors (Lipinski definition) is 1. The van der Waals surface area contributed by atoms with E-state index >= 15 is 0 Å². The molecule has 1 heterocycles. The lowest BCUT2D eigenvalue weighted by Crippen LogP contribution is -2.11. The molecule has 0 atom stereocenters. The summed E-state index contributed by atoms with van der Waals surface area (Å²) in [6, 6.07) is 0. The number of carbonyl (C=O) groups excluding carboxylic acids is 1. The first-order chi connectivity index (χ1) is 8.54. The summed E-state index contributed by atoms with van der Waals surface area (Å²) >= 11 is 1.75. The third kappa shape index (κ3) is 4.52. The number of rotatable bonds is 6. The van der Waals surface area contributed by atoms with Crippen molar-refractivity contribution in [3.8, 4) is 0 Å². The summed E-state index contributed by atoms with van der Waals surface area (Å²) in [5.74, 6) is 2.73. The molecule has 0 bridgehead atoms. The molecule has 0 saturated carbocycles. The molecule has 0 aliphatic rings. The van der Waals surface area contributed by atoms with Crippen LogP contribution in [0.2, 0.25) is 0 Å². The molecule has 0 unspecified atom stereocenters. The summed E-state index contributed by atoms with van der Waals surface area (Å²) in [5, 5.41) is 0. The largest absolute Gasteiger partial charge is 0.462 e. The lowest BCUT2D eigenvalue weighted by Gasteiger charge is -2.07. The fraction of sp³-hybridized carbons (Fsp3) is 0.583. The zero-order valence-electron chi connectivity index (χ0n) is 11.0. The number of hydrogen-bond acceptors (Lipinski definition) is 6. The molecular formula is C12H19N3O2S. The number of nitrogens with two attached hydrogens (primary N) is 1. The van der Waals surface area contributed by atoms with Gasteiger partial charge in [0.2, 0.25) is 0 Å². The zero-order chi connectivity index (χ0) is 13.5. The Bertz CT molecular complexity index is 410. The van der Waals surface area contributed by atoms with E-state index in [0.29, 0.717) is 24.1 Å². The zero-order valence-corrected chi connectivity index (χ0v) is 11.8. The molecule has 0 amide bonds. The van der Waals surface area contributed by atoms with Crippen molar-refractivity contribution in [3.63, 3.8) is 0 Å². The van der Waals surface area contributed by atoms with Crippen LogP contribution in [-0.4, -0.2) is 28.3 Å². The van der Waals surface area contributed by atoms with Gasteiger partial charge in [-0.2, -0.15) is 11.8 Å². The predicted octanol–water partition coefficient (Wildman–Crippen LogP) is 2.12. The maximum atomic E-state index is 11.5. The van der Waals surface area contributed by atoms with Gasteiger partial charge >= 0.3 is 5.97 Å².